The molecule has 1 aromatic carbocycles. The minimum absolute atomic E-state index is 0.00735. The van der Waals surface area contributed by atoms with Crippen LogP contribution in [0, 0.1) is 5.92 Å². The van der Waals surface area contributed by atoms with Crippen LogP contribution in [0.15, 0.2) is 21.5 Å². The van der Waals surface area contributed by atoms with Gasteiger partial charge in [0.1, 0.15) is 4.90 Å². The van der Waals surface area contributed by atoms with Crippen LogP contribution in [-0.2, 0) is 40.5 Å². The quantitative estimate of drug-likeness (QED) is 0.462. The number of benzene rings is 1. The SMILES string of the molecule is NS(=O)(=NC(=O)Nc1c2c(cc3c1CCC3O)CCC2)c1cnn2c1OCC(CNC(=O)C(F)(F)F)C2. The van der Waals surface area contributed by atoms with Gasteiger partial charge in [0.05, 0.1) is 25.5 Å². The summed E-state index contributed by atoms with van der Waals surface area (Å²) in [5.41, 5.74) is 4.25. The van der Waals surface area contributed by atoms with E-state index in [1.807, 2.05) is 6.07 Å². The van der Waals surface area contributed by atoms with E-state index in [2.05, 4.69) is 14.8 Å². The second-order valence-electron chi connectivity index (χ2n) is 9.34. The van der Waals surface area contributed by atoms with Gasteiger partial charge in [-0.3, -0.25) is 4.79 Å². The molecular weight excluding hydrogens is 517 g/mol. The van der Waals surface area contributed by atoms with Crippen molar-refractivity contribution in [3.63, 3.8) is 0 Å². The van der Waals surface area contributed by atoms with Crippen molar-refractivity contribution in [2.24, 2.45) is 15.4 Å². The number of carbonyl (C=O) groups excluding carboxylic acids is 2. The number of aromatic nitrogens is 2. The number of nitrogens with one attached hydrogen (secondary N) is 2. The van der Waals surface area contributed by atoms with Crippen molar-refractivity contribution in [3.8, 4) is 5.88 Å². The molecule has 0 bridgehead atoms. The maximum absolute atomic E-state index is 13.2. The lowest BCUT2D eigenvalue weighted by molar-refractivity contribution is -0.173. The van der Waals surface area contributed by atoms with E-state index in [0.29, 0.717) is 18.5 Å². The third-order valence-corrected chi connectivity index (χ3v) is 8.14. The molecule has 15 heteroatoms. The number of amides is 3. The molecule has 5 N–H and O–H groups in total. The molecule has 0 fully saturated rings. The van der Waals surface area contributed by atoms with Gasteiger partial charge in [0, 0.05) is 18.2 Å². The van der Waals surface area contributed by atoms with Gasteiger partial charge < -0.3 is 20.5 Å². The standard InChI is InChI=1S/C22H25F3N6O5S/c23-22(24,25)20(33)27-7-11-9-31-19(36-10-11)17(8-28-31)37(26,35)30-21(34)29-18-13-3-1-2-12(13)6-15-14(18)4-5-16(15)32/h6,8,11,16,32H,1-5,7,9-10H2,(H,27,33)(H3,26,29,30,34,35). The van der Waals surface area contributed by atoms with Gasteiger partial charge in [-0.2, -0.15) is 18.3 Å². The van der Waals surface area contributed by atoms with Gasteiger partial charge in [-0.25, -0.2) is 18.8 Å². The highest BCUT2D eigenvalue weighted by Gasteiger charge is 2.39. The highest BCUT2D eigenvalue weighted by atomic mass is 32.2. The molecule has 1 aromatic heterocycles. The normalized spacial score (nSPS) is 21.8. The Morgan fingerprint density at radius 1 is 1.30 bits per heavy atom. The molecule has 11 nitrogen and oxygen atoms in total. The van der Waals surface area contributed by atoms with Crippen molar-refractivity contribution >= 4 is 27.5 Å². The Morgan fingerprint density at radius 2 is 2.08 bits per heavy atom. The van der Waals surface area contributed by atoms with E-state index in [1.165, 1.54) is 4.68 Å². The van der Waals surface area contributed by atoms with E-state index < -0.39 is 40.1 Å². The fraction of sp³-hybridized carbons (Fsp3) is 0.500. The summed E-state index contributed by atoms with van der Waals surface area (Å²) in [7, 11) is -3.79. The van der Waals surface area contributed by atoms with Gasteiger partial charge in [-0.05, 0) is 54.4 Å². The number of hydrogen-bond acceptors (Lipinski definition) is 6. The van der Waals surface area contributed by atoms with E-state index in [9.17, 15) is 32.1 Å². The van der Waals surface area contributed by atoms with Crippen molar-refractivity contribution in [1.29, 1.82) is 0 Å². The highest BCUT2D eigenvalue weighted by molar-refractivity contribution is 7.91. The van der Waals surface area contributed by atoms with Crippen LogP contribution in [0.25, 0.3) is 0 Å². The topological polar surface area (TPSA) is 161 Å². The minimum atomic E-state index is -4.99. The fourth-order valence-electron chi connectivity index (χ4n) is 5.06. The maximum Gasteiger partial charge on any atom is 0.471 e. The zero-order chi connectivity index (χ0) is 26.5. The number of aliphatic hydroxyl groups is 1. The lowest BCUT2D eigenvalue weighted by atomic mass is 9.98. The van der Waals surface area contributed by atoms with Crippen molar-refractivity contribution in [2.45, 2.75) is 55.8 Å². The number of rotatable bonds is 4. The number of aliphatic hydroxyl groups excluding tert-OH is 1. The van der Waals surface area contributed by atoms with Gasteiger partial charge >= 0.3 is 18.1 Å². The average molecular weight is 543 g/mol. The van der Waals surface area contributed by atoms with E-state index in [1.54, 1.807) is 5.32 Å². The summed E-state index contributed by atoms with van der Waals surface area (Å²) >= 11 is 0. The molecule has 5 rings (SSSR count). The van der Waals surface area contributed by atoms with Crippen molar-refractivity contribution < 1.29 is 36.8 Å². The minimum Gasteiger partial charge on any atom is -0.476 e. The molecule has 2 aliphatic carbocycles. The zero-order valence-electron chi connectivity index (χ0n) is 19.5. The highest BCUT2D eigenvalue weighted by Crippen LogP contribution is 2.42. The van der Waals surface area contributed by atoms with Gasteiger partial charge in [0.2, 0.25) is 5.88 Å². The number of hydrogen-bond donors (Lipinski definition) is 4. The number of anilines is 1. The first-order valence-electron chi connectivity index (χ1n) is 11.7. The third kappa shape index (κ3) is 4.90. The summed E-state index contributed by atoms with van der Waals surface area (Å²) in [4.78, 5) is 23.8. The second-order valence-corrected chi connectivity index (χ2v) is 11.1. The van der Waals surface area contributed by atoms with Gasteiger partial charge in [-0.1, -0.05) is 6.07 Å². The van der Waals surface area contributed by atoms with Crippen LogP contribution in [0.5, 0.6) is 5.88 Å². The van der Waals surface area contributed by atoms with Crippen molar-refractivity contribution in [1.82, 2.24) is 15.1 Å². The lowest BCUT2D eigenvalue weighted by Gasteiger charge is -2.25. The molecule has 2 heterocycles. The van der Waals surface area contributed by atoms with Crippen molar-refractivity contribution in [3.05, 3.63) is 34.5 Å². The van der Waals surface area contributed by atoms with Crippen LogP contribution in [0.4, 0.5) is 23.7 Å². The van der Waals surface area contributed by atoms with Crippen molar-refractivity contribution in [2.75, 3.05) is 18.5 Å². The molecule has 0 radical (unpaired) electrons. The number of carbonyl (C=O) groups is 2. The Kier molecular flexibility index (Phi) is 6.40. The molecule has 200 valence electrons. The molecule has 0 spiro atoms. The molecule has 3 unspecified atom stereocenters. The van der Waals surface area contributed by atoms with E-state index in [-0.39, 0.29) is 30.5 Å². The Bertz CT molecular complexity index is 1400. The number of aryl methyl sites for hydroxylation is 1. The first-order valence-corrected chi connectivity index (χ1v) is 13.3. The summed E-state index contributed by atoms with van der Waals surface area (Å²) in [5, 5.41) is 24.8. The molecular formula is C22H25F3N6O5S. The smallest absolute Gasteiger partial charge is 0.471 e. The van der Waals surface area contributed by atoms with Gasteiger partial charge in [0.15, 0.2) is 9.92 Å². The predicted molar refractivity (Wildman–Crippen MR) is 124 cm³/mol. The Balaban J connectivity index is 1.33. The molecule has 1 aliphatic heterocycles. The predicted octanol–water partition coefficient (Wildman–Crippen LogP) is 1.97. The summed E-state index contributed by atoms with van der Waals surface area (Å²) < 4.78 is 61.0. The first-order chi connectivity index (χ1) is 17.4. The molecule has 0 saturated heterocycles. The summed E-state index contributed by atoms with van der Waals surface area (Å²) in [6.45, 7) is -0.332. The van der Waals surface area contributed by atoms with E-state index in [4.69, 9.17) is 9.88 Å². The summed E-state index contributed by atoms with van der Waals surface area (Å²) in [6, 6.07) is 1.08. The van der Waals surface area contributed by atoms with E-state index in [0.717, 1.165) is 47.7 Å². The summed E-state index contributed by atoms with van der Waals surface area (Å²) in [5.74, 6) is -2.59. The Hall–Kier alpha value is -3.17. The Labute approximate surface area is 209 Å². The molecule has 0 saturated carbocycles. The summed E-state index contributed by atoms with van der Waals surface area (Å²) in [6.07, 6.45) is -0.798. The number of ether oxygens (including phenoxy) is 1. The molecule has 37 heavy (non-hydrogen) atoms. The monoisotopic (exact) mass is 542 g/mol. The Morgan fingerprint density at radius 3 is 2.84 bits per heavy atom. The van der Waals surface area contributed by atoms with Gasteiger partial charge in [0.25, 0.3) is 0 Å². The number of urea groups is 1. The van der Waals surface area contributed by atoms with Crippen LogP contribution in [0.1, 0.15) is 41.2 Å². The number of alkyl halides is 3. The average Bonchev–Trinajstić information content (AvgIpc) is 3.55. The van der Waals surface area contributed by atoms with Gasteiger partial charge in [-0.15, -0.1) is 4.36 Å². The largest absolute Gasteiger partial charge is 0.476 e. The number of nitrogens with two attached hydrogens (primary N) is 1. The fourth-order valence-corrected chi connectivity index (χ4v) is 6.06. The number of fused-ring (bicyclic) bond motifs is 3. The molecule has 3 amide bonds. The first kappa shape index (κ1) is 25.5. The maximum atomic E-state index is 13.2. The van der Waals surface area contributed by atoms with Crippen LogP contribution in [-0.4, -0.2) is 50.4 Å². The number of halogens is 3. The van der Waals surface area contributed by atoms with E-state index >= 15 is 0 Å². The van der Waals surface area contributed by atoms with Crippen LogP contribution < -0.4 is 20.5 Å². The lowest BCUT2D eigenvalue weighted by Crippen LogP contribution is -2.42. The number of nitrogens with zero attached hydrogens (tertiary/aromatic N) is 3. The van der Waals surface area contributed by atoms with Crippen LogP contribution in [0.2, 0.25) is 0 Å². The molecule has 3 atom stereocenters. The third-order valence-electron chi connectivity index (χ3n) is 6.79. The molecule has 3 aliphatic rings. The second kappa shape index (κ2) is 9.29. The van der Waals surface area contributed by atoms with Crippen LogP contribution in [0.3, 0.4) is 0 Å². The van der Waals surface area contributed by atoms with Crippen LogP contribution >= 0.6 is 0 Å². The molecule has 2 aromatic rings. The zero-order valence-corrected chi connectivity index (χ0v) is 20.3.